The highest BCUT2D eigenvalue weighted by atomic mass is 16.4. The second kappa shape index (κ2) is 8.45. The summed E-state index contributed by atoms with van der Waals surface area (Å²) in [6, 6.07) is 16.1. The van der Waals surface area contributed by atoms with E-state index < -0.39 is 5.97 Å². The molecule has 0 saturated carbocycles. The van der Waals surface area contributed by atoms with Crippen LogP contribution >= 0.6 is 0 Å². The van der Waals surface area contributed by atoms with E-state index in [2.05, 4.69) is 34.5 Å². The lowest BCUT2D eigenvalue weighted by Crippen LogP contribution is -2.30. The SMILES string of the molecule is O=C(O)/C=C/CNC(=O)c1ccc(CN2CCc3ccccc3C2)cc1. The summed E-state index contributed by atoms with van der Waals surface area (Å²) in [4.78, 5) is 24.8. The molecule has 5 heteroatoms. The van der Waals surface area contributed by atoms with Crippen molar-refractivity contribution in [3.63, 3.8) is 0 Å². The quantitative estimate of drug-likeness (QED) is 0.786. The van der Waals surface area contributed by atoms with Gasteiger partial charge >= 0.3 is 5.97 Å². The molecular weight excluding hydrogens is 328 g/mol. The molecule has 0 saturated heterocycles. The van der Waals surface area contributed by atoms with Gasteiger partial charge in [0.1, 0.15) is 0 Å². The number of carbonyl (C=O) groups is 2. The van der Waals surface area contributed by atoms with Crippen molar-refractivity contribution in [1.82, 2.24) is 10.2 Å². The molecule has 0 bridgehead atoms. The first-order valence-electron chi connectivity index (χ1n) is 8.67. The Balaban J connectivity index is 1.53. The minimum absolute atomic E-state index is 0.195. The maximum absolute atomic E-state index is 12.0. The van der Waals surface area contributed by atoms with E-state index in [0.717, 1.165) is 32.1 Å². The van der Waals surface area contributed by atoms with Gasteiger partial charge in [-0.05, 0) is 35.2 Å². The standard InChI is InChI=1S/C21H22N2O3/c24-20(25)6-3-12-22-21(26)18-9-7-16(8-10-18)14-23-13-11-17-4-1-2-5-19(17)15-23/h1-10H,11-15H2,(H,22,26)(H,24,25)/b6-3+. The molecule has 1 heterocycles. The van der Waals surface area contributed by atoms with Crippen molar-refractivity contribution in [1.29, 1.82) is 0 Å². The second-order valence-corrected chi connectivity index (χ2v) is 6.38. The van der Waals surface area contributed by atoms with Gasteiger partial charge in [0, 0.05) is 37.8 Å². The van der Waals surface area contributed by atoms with Crippen molar-refractivity contribution in [2.24, 2.45) is 0 Å². The van der Waals surface area contributed by atoms with Gasteiger partial charge in [0.25, 0.3) is 5.91 Å². The predicted molar refractivity (Wildman–Crippen MR) is 99.8 cm³/mol. The van der Waals surface area contributed by atoms with Gasteiger partial charge in [0.05, 0.1) is 0 Å². The number of carbonyl (C=O) groups excluding carboxylic acids is 1. The topological polar surface area (TPSA) is 69.6 Å². The molecule has 2 aromatic carbocycles. The van der Waals surface area contributed by atoms with Gasteiger partial charge in [-0.1, -0.05) is 42.5 Å². The summed E-state index contributed by atoms with van der Waals surface area (Å²) in [5.74, 6) is -1.23. The van der Waals surface area contributed by atoms with E-state index in [0.29, 0.717) is 5.56 Å². The van der Waals surface area contributed by atoms with Gasteiger partial charge in [-0.2, -0.15) is 0 Å². The molecule has 1 aliphatic heterocycles. The number of carboxylic acids is 1. The molecular formula is C21H22N2O3. The molecule has 3 rings (SSSR count). The minimum atomic E-state index is -1.02. The van der Waals surface area contributed by atoms with Gasteiger partial charge < -0.3 is 10.4 Å². The van der Waals surface area contributed by atoms with E-state index in [1.54, 1.807) is 0 Å². The van der Waals surface area contributed by atoms with Crippen LogP contribution in [0.15, 0.2) is 60.7 Å². The number of hydrogen-bond donors (Lipinski definition) is 2. The fourth-order valence-electron chi connectivity index (χ4n) is 3.12. The third kappa shape index (κ3) is 4.80. The summed E-state index contributed by atoms with van der Waals surface area (Å²) in [5, 5.41) is 11.2. The molecule has 2 N–H and O–H groups in total. The van der Waals surface area contributed by atoms with Crippen LogP contribution in [0.1, 0.15) is 27.0 Å². The molecule has 0 unspecified atom stereocenters. The summed E-state index contributed by atoms with van der Waals surface area (Å²) in [6.45, 7) is 3.04. The summed E-state index contributed by atoms with van der Waals surface area (Å²) in [5.41, 5.74) is 4.57. The lowest BCUT2D eigenvalue weighted by Gasteiger charge is -2.28. The normalized spacial score (nSPS) is 14.2. The van der Waals surface area contributed by atoms with Crippen molar-refractivity contribution in [3.05, 3.63) is 82.9 Å². The second-order valence-electron chi connectivity index (χ2n) is 6.38. The van der Waals surface area contributed by atoms with Crippen LogP contribution in [-0.4, -0.2) is 35.0 Å². The van der Waals surface area contributed by atoms with E-state index in [1.165, 1.54) is 22.8 Å². The summed E-state index contributed by atoms with van der Waals surface area (Å²) >= 11 is 0. The van der Waals surface area contributed by atoms with Gasteiger partial charge in [0.15, 0.2) is 0 Å². The van der Waals surface area contributed by atoms with Crippen LogP contribution < -0.4 is 5.32 Å². The van der Waals surface area contributed by atoms with Crippen molar-refractivity contribution in [2.75, 3.05) is 13.1 Å². The Kier molecular flexibility index (Phi) is 5.81. The zero-order chi connectivity index (χ0) is 18.4. The first kappa shape index (κ1) is 17.9. The molecule has 0 spiro atoms. The zero-order valence-corrected chi connectivity index (χ0v) is 14.5. The van der Waals surface area contributed by atoms with E-state index in [4.69, 9.17) is 5.11 Å². The van der Waals surface area contributed by atoms with Gasteiger partial charge in [0.2, 0.25) is 0 Å². The number of fused-ring (bicyclic) bond motifs is 1. The number of hydrogen-bond acceptors (Lipinski definition) is 3. The Hall–Kier alpha value is -2.92. The van der Waals surface area contributed by atoms with Crippen LogP contribution in [0.3, 0.4) is 0 Å². The summed E-state index contributed by atoms with van der Waals surface area (Å²) in [7, 11) is 0. The zero-order valence-electron chi connectivity index (χ0n) is 14.5. The predicted octanol–water partition coefficient (Wildman–Crippen LogP) is 2.62. The monoisotopic (exact) mass is 350 g/mol. The Morgan fingerprint density at radius 2 is 1.81 bits per heavy atom. The molecule has 0 atom stereocenters. The lowest BCUT2D eigenvalue weighted by atomic mass is 9.99. The molecule has 0 aromatic heterocycles. The maximum Gasteiger partial charge on any atom is 0.328 e. The Morgan fingerprint density at radius 3 is 2.54 bits per heavy atom. The molecule has 26 heavy (non-hydrogen) atoms. The first-order valence-corrected chi connectivity index (χ1v) is 8.67. The lowest BCUT2D eigenvalue weighted by molar-refractivity contribution is -0.131. The summed E-state index contributed by atoms with van der Waals surface area (Å²) < 4.78 is 0. The Morgan fingerprint density at radius 1 is 1.08 bits per heavy atom. The Bertz CT molecular complexity index is 812. The van der Waals surface area contributed by atoms with Gasteiger partial charge in [-0.15, -0.1) is 0 Å². The minimum Gasteiger partial charge on any atom is -0.478 e. The fraction of sp³-hybridized carbons (Fsp3) is 0.238. The van der Waals surface area contributed by atoms with Crippen molar-refractivity contribution in [2.45, 2.75) is 19.5 Å². The van der Waals surface area contributed by atoms with Crippen LogP contribution in [0, 0.1) is 0 Å². The van der Waals surface area contributed by atoms with Crippen molar-refractivity contribution >= 4 is 11.9 Å². The van der Waals surface area contributed by atoms with Crippen LogP contribution in [0.25, 0.3) is 0 Å². The highest BCUT2D eigenvalue weighted by Crippen LogP contribution is 2.20. The fourth-order valence-corrected chi connectivity index (χ4v) is 3.12. The number of nitrogens with one attached hydrogen (secondary N) is 1. The highest BCUT2D eigenvalue weighted by Gasteiger charge is 2.15. The van der Waals surface area contributed by atoms with E-state index in [1.807, 2.05) is 24.3 Å². The first-order chi connectivity index (χ1) is 12.6. The van der Waals surface area contributed by atoms with Gasteiger partial charge in [-0.25, -0.2) is 4.79 Å². The van der Waals surface area contributed by atoms with Gasteiger partial charge in [-0.3, -0.25) is 9.69 Å². The van der Waals surface area contributed by atoms with Crippen molar-refractivity contribution < 1.29 is 14.7 Å². The van der Waals surface area contributed by atoms with E-state index >= 15 is 0 Å². The number of nitrogens with zero attached hydrogens (tertiary/aromatic N) is 1. The average molecular weight is 350 g/mol. The molecule has 1 amide bonds. The highest BCUT2D eigenvalue weighted by molar-refractivity contribution is 5.94. The molecule has 0 fully saturated rings. The maximum atomic E-state index is 12.0. The largest absolute Gasteiger partial charge is 0.478 e. The number of carboxylic acid groups (broad SMARTS) is 1. The molecule has 134 valence electrons. The molecule has 2 aromatic rings. The number of amides is 1. The van der Waals surface area contributed by atoms with Crippen LogP contribution in [-0.2, 0) is 24.3 Å². The van der Waals surface area contributed by atoms with E-state index in [9.17, 15) is 9.59 Å². The number of aliphatic carboxylic acids is 1. The number of benzene rings is 2. The summed E-state index contributed by atoms with van der Waals surface area (Å²) in [6.07, 6.45) is 3.49. The van der Waals surface area contributed by atoms with Crippen LogP contribution in [0.5, 0.6) is 0 Å². The number of rotatable bonds is 6. The van der Waals surface area contributed by atoms with E-state index in [-0.39, 0.29) is 12.5 Å². The Labute approximate surface area is 153 Å². The molecule has 1 aliphatic rings. The van der Waals surface area contributed by atoms with Crippen LogP contribution in [0.2, 0.25) is 0 Å². The third-order valence-corrected chi connectivity index (χ3v) is 4.47. The smallest absolute Gasteiger partial charge is 0.328 e. The molecule has 5 nitrogen and oxygen atoms in total. The van der Waals surface area contributed by atoms with Crippen molar-refractivity contribution in [3.8, 4) is 0 Å². The molecule has 0 aliphatic carbocycles. The van der Waals surface area contributed by atoms with Crippen LogP contribution in [0.4, 0.5) is 0 Å². The average Bonchev–Trinajstić information content (AvgIpc) is 2.65. The third-order valence-electron chi connectivity index (χ3n) is 4.47. The molecule has 0 radical (unpaired) electrons.